The summed E-state index contributed by atoms with van der Waals surface area (Å²) in [6.07, 6.45) is 0. The number of aryl methyl sites for hydroxylation is 2. The first-order chi connectivity index (χ1) is 13.4. The number of aromatic nitrogens is 2. The maximum Gasteiger partial charge on any atom is 0.240 e. The van der Waals surface area contributed by atoms with Gasteiger partial charge in [0.05, 0.1) is 23.4 Å². The Balaban J connectivity index is 1.68. The lowest BCUT2D eigenvalue weighted by molar-refractivity contribution is -0.122. The van der Waals surface area contributed by atoms with Crippen molar-refractivity contribution in [1.29, 1.82) is 0 Å². The van der Waals surface area contributed by atoms with Crippen LogP contribution in [0.3, 0.4) is 0 Å². The Hall–Kier alpha value is -2.60. The van der Waals surface area contributed by atoms with E-state index >= 15 is 0 Å². The largest absolute Gasteiger partial charge is 0.494 e. The van der Waals surface area contributed by atoms with E-state index in [1.807, 2.05) is 63.5 Å². The molecule has 1 amide bonds. The molecule has 0 aliphatic rings. The van der Waals surface area contributed by atoms with Crippen LogP contribution in [0, 0.1) is 20.8 Å². The van der Waals surface area contributed by atoms with Crippen molar-refractivity contribution >= 4 is 17.2 Å². The van der Waals surface area contributed by atoms with Crippen LogP contribution in [0.25, 0.3) is 11.3 Å². The summed E-state index contributed by atoms with van der Waals surface area (Å²) in [5.74, 6) is 0.831. The average Bonchev–Trinajstić information content (AvgIpc) is 3.20. The first kappa shape index (κ1) is 20.1. The van der Waals surface area contributed by atoms with Gasteiger partial charge in [0.15, 0.2) is 0 Å². The van der Waals surface area contributed by atoms with Gasteiger partial charge in [0.25, 0.3) is 0 Å². The van der Waals surface area contributed by atoms with E-state index in [0.29, 0.717) is 13.2 Å². The first-order valence-corrected chi connectivity index (χ1v) is 10.4. The van der Waals surface area contributed by atoms with Crippen LogP contribution >= 0.6 is 11.3 Å². The predicted octanol–water partition coefficient (Wildman–Crippen LogP) is 4.81. The third-order valence-electron chi connectivity index (χ3n) is 4.84. The van der Waals surface area contributed by atoms with Gasteiger partial charge in [-0.25, -0.2) is 4.98 Å². The van der Waals surface area contributed by atoms with E-state index < -0.39 is 0 Å². The number of nitrogens with one attached hydrogen (secondary N) is 1. The molecule has 1 unspecified atom stereocenters. The highest BCUT2D eigenvalue weighted by molar-refractivity contribution is 7.09. The highest BCUT2D eigenvalue weighted by atomic mass is 32.1. The summed E-state index contributed by atoms with van der Waals surface area (Å²) in [4.78, 5) is 17.2. The highest BCUT2D eigenvalue weighted by Gasteiger charge is 2.16. The molecule has 0 saturated carbocycles. The molecule has 0 bridgehead atoms. The van der Waals surface area contributed by atoms with Crippen molar-refractivity contribution in [3.05, 3.63) is 57.7 Å². The molecule has 0 aliphatic carbocycles. The zero-order valence-corrected chi connectivity index (χ0v) is 17.9. The summed E-state index contributed by atoms with van der Waals surface area (Å²) in [5.41, 5.74) is 5.24. The van der Waals surface area contributed by atoms with E-state index in [0.717, 1.165) is 39.0 Å². The van der Waals surface area contributed by atoms with Gasteiger partial charge in [-0.2, -0.15) is 0 Å². The lowest BCUT2D eigenvalue weighted by Gasteiger charge is -2.16. The number of amides is 1. The number of nitrogens with zero attached hydrogens (tertiary/aromatic N) is 2. The summed E-state index contributed by atoms with van der Waals surface area (Å²) in [6.45, 7) is 11.0. The van der Waals surface area contributed by atoms with E-state index in [2.05, 4.69) is 21.7 Å². The second-order valence-electron chi connectivity index (χ2n) is 6.91. The quantitative estimate of drug-likeness (QED) is 0.622. The van der Waals surface area contributed by atoms with E-state index in [1.165, 1.54) is 0 Å². The summed E-state index contributed by atoms with van der Waals surface area (Å²) < 4.78 is 7.52. The third kappa shape index (κ3) is 4.44. The molecule has 0 saturated heterocycles. The number of hydrogen-bond donors (Lipinski definition) is 1. The summed E-state index contributed by atoms with van der Waals surface area (Å²) in [6, 6.07) is 9.89. The first-order valence-electron chi connectivity index (χ1n) is 9.50. The zero-order valence-electron chi connectivity index (χ0n) is 17.1. The highest BCUT2D eigenvalue weighted by Crippen LogP contribution is 2.28. The Morgan fingerprint density at radius 1 is 1.25 bits per heavy atom. The minimum absolute atomic E-state index is 0.0100. The summed E-state index contributed by atoms with van der Waals surface area (Å²) in [7, 11) is 0. The van der Waals surface area contributed by atoms with Crippen LogP contribution in [-0.4, -0.2) is 22.1 Å². The predicted molar refractivity (Wildman–Crippen MR) is 114 cm³/mol. The number of ether oxygens (including phenoxy) is 1. The summed E-state index contributed by atoms with van der Waals surface area (Å²) in [5, 5.41) is 6.20. The minimum Gasteiger partial charge on any atom is -0.494 e. The van der Waals surface area contributed by atoms with Crippen LogP contribution in [0.15, 0.2) is 35.7 Å². The van der Waals surface area contributed by atoms with Gasteiger partial charge in [0.1, 0.15) is 12.3 Å². The van der Waals surface area contributed by atoms with Crippen molar-refractivity contribution < 1.29 is 9.53 Å². The van der Waals surface area contributed by atoms with Gasteiger partial charge in [-0.3, -0.25) is 4.79 Å². The van der Waals surface area contributed by atoms with Crippen LogP contribution in [0.1, 0.15) is 41.8 Å². The molecule has 28 heavy (non-hydrogen) atoms. The maximum absolute atomic E-state index is 12.6. The van der Waals surface area contributed by atoms with Crippen molar-refractivity contribution in [2.24, 2.45) is 0 Å². The lowest BCUT2D eigenvalue weighted by atomic mass is 10.1. The van der Waals surface area contributed by atoms with E-state index in [4.69, 9.17) is 4.74 Å². The third-order valence-corrected chi connectivity index (χ3v) is 5.61. The van der Waals surface area contributed by atoms with Gasteiger partial charge in [0, 0.05) is 22.3 Å². The standard InChI is InChI=1S/C22H27N3O2S/c1-6-27-19-9-7-18(8-10-19)15(3)23-22(26)12-25-14(2)11-20(16(25)4)21-13-28-17(5)24-21/h7-11,13,15H,6,12H2,1-5H3,(H,23,26). The number of carbonyl (C=O) groups excluding carboxylic acids is 1. The van der Waals surface area contributed by atoms with Crippen molar-refractivity contribution in [1.82, 2.24) is 14.9 Å². The molecular weight excluding hydrogens is 370 g/mol. The zero-order chi connectivity index (χ0) is 20.3. The molecule has 1 N–H and O–H groups in total. The molecule has 3 rings (SSSR count). The molecule has 0 spiro atoms. The van der Waals surface area contributed by atoms with Crippen molar-refractivity contribution in [3.8, 4) is 17.0 Å². The fourth-order valence-corrected chi connectivity index (χ4v) is 3.94. The molecule has 1 aromatic carbocycles. The molecule has 1 atom stereocenters. The van der Waals surface area contributed by atoms with Gasteiger partial charge in [0.2, 0.25) is 5.91 Å². The smallest absolute Gasteiger partial charge is 0.240 e. The second kappa shape index (κ2) is 8.61. The maximum atomic E-state index is 12.6. The van der Waals surface area contributed by atoms with Gasteiger partial charge in [-0.05, 0) is 58.4 Å². The molecule has 0 radical (unpaired) electrons. The molecule has 5 nitrogen and oxygen atoms in total. The molecule has 0 fully saturated rings. The molecule has 148 valence electrons. The molecule has 2 aromatic heterocycles. The molecule has 6 heteroatoms. The minimum atomic E-state index is -0.0694. The molecular formula is C22H27N3O2S. The molecule has 3 aromatic rings. The Labute approximate surface area is 170 Å². The topological polar surface area (TPSA) is 56.1 Å². The van der Waals surface area contributed by atoms with E-state index in [-0.39, 0.29) is 11.9 Å². The molecule has 0 aliphatic heterocycles. The fourth-order valence-electron chi connectivity index (χ4n) is 3.32. The average molecular weight is 398 g/mol. The van der Waals surface area contributed by atoms with Crippen molar-refractivity contribution in [2.45, 2.75) is 47.2 Å². The Morgan fingerprint density at radius 3 is 2.57 bits per heavy atom. The fraction of sp³-hybridized carbons (Fsp3) is 0.364. The van der Waals surface area contributed by atoms with Gasteiger partial charge >= 0.3 is 0 Å². The normalized spacial score (nSPS) is 12.0. The van der Waals surface area contributed by atoms with Gasteiger partial charge < -0.3 is 14.6 Å². The monoisotopic (exact) mass is 397 g/mol. The Kier molecular flexibility index (Phi) is 6.19. The van der Waals surface area contributed by atoms with Crippen LogP contribution in [-0.2, 0) is 11.3 Å². The number of rotatable bonds is 7. The van der Waals surface area contributed by atoms with Crippen molar-refractivity contribution in [2.75, 3.05) is 6.61 Å². The lowest BCUT2D eigenvalue weighted by Crippen LogP contribution is -2.30. The Morgan fingerprint density at radius 2 is 1.96 bits per heavy atom. The van der Waals surface area contributed by atoms with Crippen LogP contribution < -0.4 is 10.1 Å². The van der Waals surface area contributed by atoms with Gasteiger partial charge in [-0.15, -0.1) is 11.3 Å². The van der Waals surface area contributed by atoms with E-state index in [1.54, 1.807) is 11.3 Å². The molecule has 2 heterocycles. The van der Waals surface area contributed by atoms with Crippen LogP contribution in [0.2, 0.25) is 0 Å². The summed E-state index contributed by atoms with van der Waals surface area (Å²) >= 11 is 1.64. The number of benzene rings is 1. The van der Waals surface area contributed by atoms with Crippen molar-refractivity contribution in [3.63, 3.8) is 0 Å². The van der Waals surface area contributed by atoms with Gasteiger partial charge in [-0.1, -0.05) is 12.1 Å². The van der Waals surface area contributed by atoms with Crippen LogP contribution in [0.4, 0.5) is 0 Å². The number of thiazole rings is 1. The Bertz CT molecular complexity index is 957. The van der Waals surface area contributed by atoms with Crippen LogP contribution in [0.5, 0.6) is 5.75 Å². The second-order valence-corrected chi connectivity index (χ2v) is 7.98. The number of carbonyl (C=O) groups is 1. The number of hydrogen-bond acceptors (Lipinski definition) is 4. The SMILES string of the molecule is CCOc1ccc(C(C)NC(=O)Cn2c(C)cc(-c3csc(C)n3)c2C)cc1. The van der Waals surface area contributed by atoms with E-state index in [9.17, 15) is 4.79 Å².